The SMILES string of the molecule is CC(C)(CCl)C(=O)NCCc1cnc[nH]1. The molecule has 0 atom stereocenters. The third-order valence-electron chi connectivity index (χ3n) is 2.18. The van der Waals surface area contributed by atoms with Gasteiger partial charge in [0.2, 0.25) is 5.91 Å². The molecule has 84 valence electrons. The molecule has 0 unspecified atom stereocenters. The van der Waals surface area contributed by atoms with Gasteiger partial charge in [-0.1, -0.05) is 0 Å². The molecule has 1 amide bonds. The number of carbonyl (C=O) groups is 1. The van der Waals surface area contributed by atoms with Gasteiger partial charge >= 0.3 is 0 Å². The van der Waals surface area contributed by atoms with Crippen molar-refractivity contribution in [1.82, 2.24) is 15.3 Å². The fraction of sp³-hybridized carbons (Fsp3) is 0.600. The molecule has 0 fully saturated rings. The summed E-state index contributed by atoms with van der Waals surface area (Å²) < 4.78 is 0. The lowest BCUT2D eigenvalue weighted by Crippen LogP contribution is -2.39. The van der Waals surface area contributed by atoms with Gasteiger partial charge in [-0.2, -0.15) is 0 Å². The molecule has 1 heterocycles. The average Bonchev–Trinajstić information content (AvgIpc) is 2.70. The molecule has 0 aromatic carbocycles. The minimum absolute atomic E-state index is 0.0167. The molecule has 0 aliphatic rings. The Morgan fingerprint density at radius 2 is 2.40 bits per heavy atom. The lowest BCUT2D eigenvalue weighted by molar-refractivity contribution is -0.128. The normalized spacial score (nSPS) is 11.4. The molecule has 0 aliphatic heterocycles. The van der Waals surface area contributed by atoms with Crippen LogP contribution in [0.4, 0.5) is 0 Å². The van der Waals surface area contributed by atoms with E-state index < -0.39 is 5.41 Å². The maximum Gasteiger partial charge on any atom is 0.226 e. The van der Waals surface area contributed by atoms with Crippen molar-refractivity contribution in [3.8, 4) is 0 Å². The van der Waals surface area contributed by atoms with E-state index in [9.17, 15) is 4.79 Å². The number of carbonyl (C=O) groups excluding carboxylic acids is 1. The van der Waals surface area contributed by atoms with Crippen LogP contribution in [0.5, 0.6) is 0 Å². The van der Waals surface area contributed by atoms with Gasteiger partial charge in [0.15, 0.2) is 0 Å². The van der Waals surface area contributed by atoms with Gasteiger partial charge in [0.1, 0.15) is 0 Å². The summed E-state index contributed by atoms with van der Waals surface area (Å²) in [5.74, 6) is 0.306. The quantitative estimate of drug-likeness (QED) is 0.749. The number of amides is 1. The van der Waals surface area contributed by atoms with Crippen LogP contribution in [0, 0.1) is 5.41 Å². The smallest absolute Gasteiger partial charge is 0.226 e. The number of halogens is 1. The molecule has 0 spiro atoms. The van der Waals surface area contributed by atoms with Crippen LogP contribution in [0.25, 0.3) is 0 Å². The molecule has 1 aromatic rings. The Hall–Kier alpha value is -1.03. The van der Waals surface area contributed by atoms with Crippen LogP contribution >= 0.6 is 11.6 Å². The Kier molecular flexibility index (Phi) is 4.15. The molecule has 0 saturated carbocycles. The van der Waals surface area contributed by atoms with E-state index in [1.165, 1.54) is 0 Å². The van der Waals surface area contributed by atoms with Crippen molar-refractivity contribution in [2.45, 2.75) is 20.3 Å². The topological polar surface area (TPSA) is 57.8 Å². The summed E-state index contributed by atoms with van der Waals surface area (Å²) in [7, 11) is 0. The van der Waals surface area contributed by atoms with Crippen LogP contribution in [-0.4, -0.2) is 28.3 Å². The summed E-state index contributed by atoms with van der Waals surface area (Å²) >= 11 is 5.69. The van der Waals surface area contributed by atoms with E-state index in [1.54, 1.807) is 12.5 Å². The van der Waals surface area contributed by atoms with Crippen molar-refractivity contribution in [3.63, 3.8) is 0 Å². The highest BCUT2D eigenvalue weighted by atomic mass is 35.5. The van der Waals surface area contributed by atoms with Crippen molar-refractivity contribution >= 4 is 17.5 Å². The summed E-state index contributed by atoms with van der Waals surface area (Å²) in [6.07, 6.45) is 4.13. The predicted molar refractivity (Wildman–Crippen MR) is 59.8 cm³/mol. The van der Waals surface area contributed by atoms with E-state index in [-0.39, 0.29) is 5.91 Å². The van der Waals surface area contributed by atoms with E-state index >= 15 is 0 Å². The highest BCUT2D eigenvalue weighted by molar-refractivity contribution is 6.19. The zero-order chi connectivity index (χ0) is 11.3. The van der Waals surface area contributed by atoms with Gasteiger partial charge in [0, 0.05) is 30.7 Å². The Balaban J connectivity index is 2.29. The molecule has 0 radical (unpaired) electrons. The summed E-state index contributed by atoms with van der Waals surface area (Å²) in [6, 6.07) is 0. The van der Waals surface area contributed by atoms with Crippen LogP contribution in [0.15, 0.2) is 12.5 Å². The molecule has 5 heteroatoms. The van der Waals surface area contributed by atoms with Crippen molar-refractivity contribution in [2.75, 3.05) is 12.4 Å². The van der Waals surface area contributed by atoms with Crippen LogP contribution in [0.1, 0.15) is 19.5 Å². The number of imidazole rings is 1. The number of nitrogens with zero attached hydrogens (tertiary/aromatic N) is 1. The zero-order valence-corrected chi connectivity index (χ0v) is 9.77. The second kappa shape index (κ2) is 5.16. The van der Waals surface area contributed by atoms with Crippen molar-refractivity contribution in [3.05, 3.63) is 18.2 Å². The Bertz CT molecular complexity index is 308. The summed E-state index contributed by atoms with van der Waals surface area (Å²) in [5, 5.41) is 2.84. The van der Waals surface area contributed by atoms with Crippen LogP contribution in [0.3, 0.4) is 0 Å². The Morgan fingerprint density at radius 1 is 1.67 bits per heavy atom. The van der Waals surface area contributed by atoms with Crippen LogP contribution in [0.2, 0.25) is 0 Å². The number of aromatic nitrogens is 2. The van der Waals surface area contributed by atoms with Gasteiger partial charge in [-0.05, 0) is 13.8 Å². The second-order valence-corrected chi connectivity index (χ2v) is 4.37. The summed E-state index contributed by atoms with van der Waals surface area (Å²) in [6.45, 7) is 4.25. The molecule has 2 N–H and O–H groups in total. The molecule has 0 aliphatic carbocycles. The average molecular weight is 230 g/mol. The molecule has 4 nitrogen and oxygen atoms in total. The molecule has 1 rings (SSSR count). The zero-order valence-electron chi connectivity index (χ0n) is 9.01. The Labute approximate surface area is 94.4 Å². The molecular formula is C10H16ClN3O. The van der Waals surface area contributed by atoms with E-state index in [1.807, 2.05) is 13.8 Å². The molecular weight excluding hydrogens is 214 g/mol. The first kappa shape index (κ1) is 12.0. The maximum absolute atomic E-state index is 11.6. The summed E-state index contributed by atoms with van der Waals surface area (Å²) in [4.78, 5) is 18.5. The largest absolute Gasteiger partial charge is 0.355 e. The third-order valence-corrected chi connectivity index (χ3v) is 2.85. The van der Waals surface area contributed by atoms with Crippen molar-refractivity contribution in [2.24, 2.45) is 5.41 Å². The van der Waals surface area contributed by atoms with Gasteiger partial charge in [-0.3, -0.25) is 4.79 Å². The number of rotatable bonds is 5. The predicted octanol–water partition coefficient (Wildman–Crippen LogP) is 1.33. The van der Waals surface area contributed by atoms with Crippen LogP contribution in [-0.2, 0) is 11.2 Å². The highest BCUT2D eigenvalue weighted by Crippen LogP contribution is 2.16. The minimum Gasteiger partial charge on any atom is -0.355 e. The van der Waals surface area contributed by atoms with Crippen LogP contribution < -0.4 is 5.32 Å². The maximum atomic E-state index is 11.6. The molecule has 0 saturated heterocycles. The highest BCUT2D eigenvalue weighted by Gasteiger charge is 2.25. The van der Waals surface area contributed by atoms with Gasteiger partial charge in [-0.25, -0.2) is 4.98 Å². The number of aromatic amines is 1. The van der Waals surface area contributed by atoms with E-state index in [0.29, 0.717) is 12.4 Å². The molecule has 15 heavy (non-hydrogen) atoms. The monoisotopic (exact) mass is 229 g/mol. The van der Waals surface area contributed by atoms with E-state index in [2.05, 4.69) is 15.3 Å². The van der Waals surface area contributed by atoms with Crippen molar-refractivity contribution < 1.29 is 4.79 Å². The van der Waals surface area contributed by atoms with E-state index in [4.69, 9.17) is 11.6 Å². The molecule has 0 bridgehead atoms. The Morgan fingerprint density at radius 3 is 2.93 bits per heavy atom. The standard InChI is InChI=1S/C10H16ClN3O/c1-10(2,6-11)9(15)13-4-3-8-5-12-7-14-8/h5,7H,3-4,6H2,1-2H3,(H,12,14)(H,13,15). The first-order valence-electron chi connectivity index (χ1n) is 4.88. The minimum atomic E-state index is -0.504. The van der Waals surface area contributed by atoms with Gasteiger partial charge in [0.25, 0.3) is 0 Å². The first-order chi connectivity index (χ1) is 7.06. The van der Waals surface area contributed by atoms with Gasteiger partial charge < -0.3 is 10.3 Å². The number of H-pyrrole nitrogens is 1. The summed E-state index contributed by atoms with van der Waals surface area (Å²) in [5.41, 5.74) is 0.509. The third kappa shape index (κ3) is 3.55. The number of hydrogen-bond donors (Lipinski definition) is 2. The van der Waals surface area contributed by atoms with Gasteiger partial charge in [-0.15, -0.1) is 11.6 Å². The van der Waals surface area contributed by atoms with Gasteiger partial charge in [0.05, 0.1) is 11.7 Å². The van der Waals surface area contributed by atoms with E-state index in [0.717, 1.165) is 12.1 Å². The first-order valence-corrected chi connectivity index (χ1v) is 5.41. The lowest BCUT2D eigenvalue weighted by atomic mass is 9.95. The number of nitrogens with one attached hydrogen (secondary N) is 2. The number of alkyl halides is 1. The van der Waals surface area contributed by atoms with Crippen molar-refractivity contribution in [1.29, 1.82) is 0 Å². The number of hydrogen-bond acceptors (Lipinski definition) is 2. The fourth-order valence-corrected chi connectivity index (χ4v) is 1.15. The second-order valence-electron chi connectivity index (χ2n) is 4.10. The fourth-order valence-electron chi connectivity index (χ4n) is 1.03. The lowest BCUT2D eigenvalue weighted by Gasteiger charge is -2.20. The molecule has 1 aromatic heterocycles.